The zero-order chi connectivity index (χ0) is 12.1. The fourth-order valence-electron chi connectivity index (χ4n) is 1.55. The first-order chi connectivity index (χ1) is 8.31. The van der Waals surface area contributed by atoms with Crippen LogP contribution in [0.15, 0.2) is 42.5 Å². The van der Waals surface area contributed by atoms with Gasteiger partial charge in [-0.05, 0) is 30.2 Å². The Hall–Kier alpha value is -1.87. The third-order valence-corrected chi connectivity index (χ3v) is 2.43. The predicted octanol–water partition coefficient (Wildman–Crippen LogP) is 2.93. The van der Waals surface area contributed by atoms with Crippen LogP contribution in [0.1, 0.15) is 18.2 Å². The minimum absolute atomic E-state index is 0.000664. The maximum atomic E-state index is 9.16. The molecule has 0 aliphatic heterocycles. The monoisotopic (exact) mass is 229 g/mol. The van der Waals surface area contributed by atoms with Gasteiger partial charge in [-0.25, -0.2) is 4.98 Å². The molecule has 2 aromatic rings. The lowest BCUT2D eigenvalue weighted by atomic mass is 10.2. The van der Waals surface area contributed by atoms with Gasteiger partial charge in [-0.2, -0.15) is 0 Å². The molecule has 88 valence electrons. The highest BCUT2D eigenvalue weighted by Gasteiger charge is 2.03. The molecule has 0 atom stereocenters. The van der Waals surface area contributed by atoms with E-state index < -0.39 is 0 Å². The summed E-state index contributed by atoms with van der Waals surface area (Å²) in [5.74, 6) is 1.27. The Labute approximate surface area is 101 Å². The SMILES string of the molecule is CCc1cc(CO)cc(Oc2ccccc2)n1. The summed E-state index contributed by atoms with van der Waals surface area (Å²) >= 11 is 0. The van der Waals surface area contributed by atoms with E-state index in [0.717, 1.165) is 23.4 Å². The second-order valence-electron chi connectivity index (χ2n) is 3.73. The van der Waals surface area contributed by atoms with Crippen molar-refractivity contribution in [3.63, 3.8) is 0 Å². The molecule has 1 aromatic heterocycles. The second kappa shape index (κ2) is 5.46. The Morgan fingerprint density at radius 2 is 1.94 bits per heavy atom. The molecular formula is C14H15NO2. The standard InChI is InChI=1S/C14H15NO2/c1-2-12-8-11(10-16)9-14(15-12)17-13-6-4-3-5-7-13/h3-9,16H,2,10H2,1H3. The number of pyridine rings is 1. The normalized spacial score (nSPS) is 10.2. The van der Waals surface area contributed by atoms with Crippen LogP contribution >= 0.6 is 0 Å². The van der Waals surface area contributed by atoms with Crippen molar-refractivity contribution in [1.82, 2.24) is 4.98 Å². The fraction of sp³-hybridized carbons (Fsp3) is 0.214. The number of aliphatic hydroxyl groups excluding tert-OH is 1. The predicted molar refractivity (Wildman–Crippen MR) is 66.1 cm³/mol. The molecule has 3 nitrogen and oxygen atoms in total. The molecule has 0 bridgehead atoms. The Morgan fingerprint density at radius 1 is 1.18 bits per heavy atom. The highest BCUT2D eigenvalue weighted by atomic mass is 16.5. The van der Waals surface area contributed by atoms with E-state index in [9.17, 15) is 0 Å². The first-order valence-electron chi connectivity index (χ1n) is 5.65. The number of rotatable bonds is 4. The number of benzene rings is 1. The van der Waals surface area contributed by atoms with E-state index in [1.807, 2.05) is 43.3 Å². The molecule has 1 heterocycles. The number of ether oxygens (including phenoxy) is 1. The summed E-state index contributed by atoms with van der Waals surface area (Å²) < 4.78 is 5.64. The molecular weight excluding hydrogens is 214 g/mol. The summed E-state index contributed by atoms with van der Waals surface area (Å²) in [7, 11) is 0. The van der Waals surface area contributed by atoms with Crippen LogP contribution in [0.2, 0.25) is 0 Å². The van der Waals surface area contributed by atoms with E-state index in [0.29, 0.717) is 5.88 Å². The first-order valence-corrected chi connectivity index (χ1v) is 5.65. The number of nitrogens with zero attached hydrogens (tertiary/aromatic N) is 1. The van der Waals surface area contributed by atoms with E-state index in [2.05, 4.69) is 4.98 Å². The molecule has 0 amide bonds. The number of aliphatic hydroxyl groups is 1. The molecule has 1 aromatic carbocycles. The summed E-state index contributed by atoms with van der Waals surface area (Å²) in [6, 6.07) is 13.1. The molecule has 0 fully saturated rings. The Bertz CT molecular complexity index is 461. The zero-order valence-corrected chi connectivity index (χ0v) is 9.76. The fourth-order valence-corrected chi connectivity index (χ4v) is 1.55. The summed E-state index contributed by atoms with van der Waals surface area (Å²) in [5.41, 5.74) is 1.74. The molecule has 0 saturated carbocycles. The van der Waals surface area contributed by atoms with Gasteiger partial charge in [0.15, 0.2) is 0 Å². The van der Waals surface area contributed by atoms with Gasteiger partial charge in [-0.1, -0.05) is 25.1 Å². The number of para-hydroxylation sites is 1. The molecule has 2 rings (SSSR count). The number of hydrogen-bond acceptors (Lipinski definition) is 3. The van der Waals surface area contributed by atoms with Gasteiger partial charge < -0.3 is 9.84 Å². The van der Waals surface area contributed by atoms with Crippen molar-refractivity contribution >= 4 is 0 Å². The van der Waals surface area contributed by atoms with Gasteiger partial charge >= 0.3 is 0 Å². The second-order valence-corrected chi connectivity index (χ2v) is 3.73. The van der Waals surface area contributed by atoms with Crippen molar-refractivity contribution in [2.75, 3.05) is 0 Å². The molecule has 0 spiro atoms. The maximum Gasteiger partial charge on any atom is 0.219 e. The molecule has 0 radical (unpaired) electrons. The lowest BCUT2D eigenvalue weighted by Crippen LogP contribution is -1.95. The minimum atomic E-state index is 0.000664. The smallest absolute Gasteiger partial charge is 0.219 e. The molecule has 0 aliphatic rings. The lowest BCUT2D eigenvalue weighted by molar-refractivity contribution is 0.281. The molecule has 0 unspecified atom stereocenters. The van der Waals surface area contributed by atoms with E-state index in [4.69, 9.17) is 9.84 Å². The van der Waals surface area contributed by atoms with E-state index >= 15 is 0 Å². The molecule has 0 aliphatic carbocycles. The van der Waals surface area contributed by atoms with Gasteiger partial charge in [-0.15, -0.1) is 0 Å². The van der Waals surface area contributed by atoms with Crippen LogP contribution < -0.4 is 4.74 Å². The van der Waals surface area contributed by atoms with Crippen LogP contribution in [-0.4, -0.2) is 10.1 Å². The van der Waals surface area contributed by atoms with Crippen molar-refractivity contribution in [1.29, 1.82) is 0 Å². The number of hydrogen-bond donors (Lipinski definition) is 1. The highest BCUT2D eigenvalue weighted by molar-refractivity contribution is 5.30. The third-order valence-electron chi connectivity index (χ3n) is 2.43. The molecule has 1 N–H and O–H groups in total. The number of aromatic nitrogens is 1. The van der Waals surface area contributed by atoms with Gasteiger partial charge in [0, 0.05) is 11.8 Å². The van der Waals surface area contributed by atoms with E-state index in [1.54, 1.807) is 6.07 Å². The van der Waals surface area contributed by atoms with Crippen molar-refractivity contribution < 1.29 is 9.84 Å². The van der Waals surface area contributed by atoms with Gasteiger partial charge in [-0.3, -0.25) is 0 Å². The van der Waals surface area contributed by atoms with Gasteiger partial charge in [0.2, 0.25) is 5.88 Å². The van der Waals surface area contributed by atoms with E-state index in [1.165, 1.54) is 0 Å². The lowest BCUT2D eigenvalue weighted by Gasteiger charge is -2.08. The van der Waals surface area contributed by atoms with Crippen LogP contribution in [0.4, 0.5) is 0 Å². The van der Waals surface area contributed by atoms with Crippen LogP contribution in [0, 0.1) is 0 Å². The van der Waals surface area contributed by atoms with Crippen molar-refractivity contribution in [3.8, 4) is 11.6 Å². The largest absolute Gasteiger partial charge is 0.439 e. The first kappa shape index (κ1) is 11.6. The Kier molecular flexibility index (Phi) is 3.73. The summed E-state index contributed by atoms with van der Waals surface area (Å²) in [6.07, 6.45) is 0.818. The van der Waals surface area contributed by atoms with Gasteiger partial charge in [0.1, 0.15) is 5.75 Å². The van der Waals surface area contributed by atoms with Gasteiger partial charge in [0.05, 0.1) is 6.61 Å². The van der Waals surface area contributed by atoms with Crippen molar-refractivity contribution in [2.45, 2.75) is 20.0 Å². The quantitative estimate of drug-likeness (QED) is 0.876. The van der Waals surface area contributed by atoms with Crippen LogP contribution in [-0.2, 0) is 13.0 Å². The average molecular weight is 229 g/mol. The third kappa shape index (κ3) is 3.04. The Balaban J connectivity index is 2.26. The van der Waals surface area contributed by atoms with Crippen LogP contribution in [0.5, 0.6) is 11.6 Å². The summed E-state index contributed by atoms with van der Waals surface area (Å²) in [6.45, 7) is 2.02. The summed E-state index contributed by atoms with van der Waals surface area (Å²) in [5, 5.41) is 9.16. The maximum absolute atomic E-state index is 9.16. The summed E-state index contributed by atoms with van der Waals surface area (Å²) in [4.78, 5) is 4.36. The van der Waals surface area contributed by atoms with Crippen LogP contribution in [0.3, 0.4) is 0 Å². The minimum Gasteiger partial charge on any atom is -0.439 e. The van der Waals surface area contributed by atoms with Gasteiger partial charge in [0.25, 0.3) is 0 Å². The number of aryl methyl sites for hydroxylation is 1. The zero-order valence-electron chi connectivity index (χ0n) is 9.76. The van der Waals surface area contributed by atoms with Crippen molar-refractivity contribution in [2.24, 2.45) is 0 Å². The van der Waals surface area contributed by atoms with Crippen molar-refractivity contribution in [3.05, 3.63) is 53.7 Å². The topological polar surface area (TPSA) is 42.4 Å². The molecule has 3 heteroatoms. The Morgan fingerprint density at radius 3 is 2.59 bits per heavy atom. The van der Waals surface area contributed by atoms with E-state index in [-0.39, 0.29) is 6.61 Å². The average Bonchev–Trinajstić information content (AvgIpc) is 2.39. The molecule has 17 heavy (non-hydrogen) atoms. The van der Waals surface area contributed by atoms with Crippen LogP contribution in [0.25, 0.3) is 0 Å². The highest BCUT2D eigenvalue weighted by Crippen LogP contribution is 2.20. The molecule has 0 saturated heterocycles.